The zero-order valence-electron chi connectivity index (χ0n) is 12.5. The molecule has 1 aromatic carbocycles. The topological polar surface area (TPSA) is 44.9 Å². The van der Waals surface area contributed by atoms with Gasteiger partial charge in [0, 0.05) is 18.0 Å². The van der Waals surface area contributed by atoms with Crippen LogP contribution >= 0.6 is 11.3 Å². The number of hydrogen-bond donors (Lipinski definition) is 1. The molecule has 2 aromatic heterocycles. The second-order valence-electron chi connectivity index (χ2n) is 5.88. The van der Waals surface area contributed by atoms with E-state index in [9.17, 15) is 0 Å². The molecule has 1 N–H and O–H groups in total. The van der Waals surface area contributed by atoms with Crippen LogP contribution in [0, 0.1) is 5.41 Å². The summed E-state index contributed by atoms with van der Waals surface area (Å²) in [6.07, 6.45) is 2.83. The van der Waals surface area contributed by atoms with Crippen LogP contribution in [0.1, 0.15) is 16.0 Å². The van der Waals surface area contributed by atoms with Crippen LogP contribution in [0.4, 0.5) is 0 Å². The van der Waals surface area contributed by atoms with Crippen molar-refractivity contribution in [2.75, 3.05) is 13.6 Å². The Balaban J connectivity index is 1.82. The molecule has 4 nitrogen and oxygen atoms in total. The normalized spacial score (nSPS) is 15.1. The Morgan fingerprint density at radius 1 is 1.27 bits per heavy atom. The summed E-state index contributed by atoms with van der Waals surface area (Å²) in [6, 6.07) is 10.3. The minimum atomic E-state index is 0.593. The number of nitrogens with one attached hydrogen (secondary N) is 1. The monoisotopic (exact) mass is 310 g/mol. The van der Waals surface area contributed by atoms with Gasteiger partial charge >= 0.3 is 0 Å². The fourth-order valence-electron chi connectivity index (χ4n) is 3.08. The van der Waals surface area contributed by atoms with Crippen LogP contribution in [0.15, 0.2) is 36.7 Å². The molecule has 1 aliphatic heterocycles. The lowest BCUT2D eigenvalue weighted by atomic mass is 10.1. The predicted octanol–water partition coefficient (Wildman–Crippen LogP) is 2.61. The molecule has 0 amide bonds. The van der Waals surface area contributed by atoms with Crippen molar-refractivity contribution in [1.29, 1.82) is 5.41 Å². The largest absolute Gasteiger partial charge is 0.312 e. The molecule has 0 saturated carbocycles. The molecule has 0 unspecified atom stereocenters. The van der Waals surface area contributed by atoms with Gasteiger partial charge in [0.15, 0.2) is 0 Å². The van der Waals surface area contributed by atoms with Gasteiger partial charge in [-0.1, -0.05) is 30.3 Å². The molecule has 4 rings (SSSR count). The fraction of sp³-hybridized carbons (Fsp3) is 0.294. The first-order valence-electron chi connectivity index (χ1n) is 7.49. The highest BCUT2D eigenvalue weighted by Crippen LogP contribution is 2.31. The van der Waals surface area contributed by atoms with Crippen molar-refractivity contribution < 1.29 is 0 Å². The number of benzene rings is 1. The Labute approximate surface area is 133 Å². The van der Waals surface area contributed by atoms with Gasteiger partial charge in [0.2, 0.25) is 0 Å². The molecule has 3 heterocycles. The van der Waals surface area contributed by atoms with E-state index in [1.54, 1.807) is 11.3 Å². The molecule has 22 heavy (non-hydrogen) atoms. The van der Waals surface area contributed by atoms with Gasteiger partial charge in [-0.15, -0.1) is 11.3 Å². The molecule has 0 aliphatic carbocycles. The van der Waals surface area contributed by atoms with Crippen LogP contribution in [-0.2, 0) is 19.5 Å². The molecule has 0 fully saturated rings. The smallest absolute Gasteiger partial charge is 0.136 e. The molecule has 0 bridgehead atoms. The standard InChI is InChI=1S/C17H18N4S/c1-20-8-7-13-14(10-20)22-17-15(13)16(18)21(11-19-17)9-12-5-3-2-4-6-12/h2-6,11,18H,7-10H2,1H3. The number of likely N-dealkylation sites (N-methyl/N-ethyl adjacent to an activating group) is 1. The van der Waals surface area contributed by atoms with Gasteiger partial charge in [-0.25, -0.2) is 4.98 Å². The molecule has 0 saturated heterocycles. The van der Waals surface area contributed by atoms with Gasteiger partial charge in [0.05, 0.1) is 18.3 Å². The molecule has 0 radical (unpaired) electrons. The first-order chi connectivity index (χ1) is 10.7. The Bertz CT molecular complexity index is 879. The summed E-state index contributed by atoms with van der Waals surface area (Å²) in [4.78, 5) is 9.33. The van der Waals surface area contributed by atoms with Crippen molar-refractivity contribution in [2.24, 2.45) is 0 Å². The van der Waals surface area contributed by atoms with E-state index in [0.29, 0.717) is 12.0 Å². The van der Waals surface area contributed by atoms with E-state index in [-0.39, 0.29) is 0 Å². The Morgan fingerprint density at radius 2 is 2.09 bits per heavy atom. The molecule has 0 spiro atoms. The van der Waals surface area contributed by atoms with Gasteiger partial charge in [-0.2, -0.15) is 0 Å². The highest BCUT2D eigenvalue weighted by atomic mass is 32.1. The number of aromatic nitrogens is 2. The number of fused-ring (bicyclic) bond motifs is 3. The van der Waals surface area contributed by atoms with Gasteiger partial charge in [-0.05, 0) is 24.6 Å². The quantitative estimate of drug-likeness (QED) is 0.791. The van der Waals surface area contributed by atoms with Crippen LogP contribution in [-0.4, -0.2) is 28.0 Å². The van der Waals surface area contributed by atoms with Crippen LogP contribution in [0.25, 0.3) is 10.2 Å². The second-order valence-corrected chi connectivity index (χ2v) is 6.96. The maximum absolute atomic E-state index is 8.61. The number of nitrogens with zero attached hydrogens (tertiary/aromatic N) is 3. The molecule has 3 aromatic rings. The van der Waals surface area contributed by atoms with Crippen molar-refractivity contribution in [3.05, 3.63) is 58.2 Å². The van der Waals surface area contributed by atoms with E-state index < -0.39 is 0 Å². The van der Waals surface area contributed by atoms with Crippen molar-refractivity contribution >= 4 is 21.6 Å². The number of thiophene rings is 1. The highest BCUT2D eigenvalue weighted by molar-refractivity contribution is 7.18. The maximum Gasteiger partial charge on any atom is 0.136 e. The Morgan fingerprint density at radius 3 is 2.91 bits per heavy atom. The molecule has 0 atom stereocenters. The third kappa shape index (κ3) is 2.26. The third-order valence-electron chi connectivity index (χ3n) is 4.26. The van der Waals surface area contributed by atoms with E-state index in [4.69, 9.17) is 5.41 Å². The zero-order valence-corrected chi connectivity index (χ0v) is 13.4. The SMILES string of the molecule is CN1CCc2c(sc3ncn(Cc4ccccc4)c(=N)c23)C1. The van der Waals surface area contributed by atoms with E-state index in [0.717, 1.165) is 29.7 Å². The summed E-state index contributed by atoms with van der Waals surface area (Å²) in [5.74, 6) is 0. The lowest BCUT2D eigenvalue weighted by Crippen LogP contribution is -2.27. The molecule has 112 valence electrons. The summed E-state index contributed by atoms with van der Waals surface area (Å²) < 4.78 is 1.95. The van der Waals surface area contributed by atoms with Crippen molar-refractivity contribution in [3.63, 3.8) is 0 Å². The van der Waals surface area contributed by atoms with E-state index >= 15 is 0 Å². The van der Waals surface area contributed by atoms with Crippen molar-refractivity contribution in [3.8, 4) is 0 Å². The van der Waals surface area contributed by atoms with Crippen molar-refractivity contribution in [1.82, 2.24) is 14.5 Å². The second kappa shape index (κ2) is 5.34. The fourth-order valence-corrected chi connectivity index (χ4v) is 4.34. The molecular formula is C17H18N4S. The van der Waals surface area contributed by atoms with E-state index in [1.807, 2.05) is 29.1 Å². The minimum absolute atomic E-state index is 0.593. The summed E-state index contributed by atoms with van der Waals surface area (Å²) in [5.41, 5.74) is 3.14. The average Bonchev–Trinajstić information content (AvgIpc) is 2.89. The average molecular weight is 310 g/mol. The number of rotatable bonds is 2. The minimum Gasteiger partial charge on any atom is -0.312 e. The first kappa shape index (κ1) is 13.7. The van der Waals surface area contributed by atoms with Crippen LogP contribution < -0.4 is 5.49 Å². The van der Waals surface area contributed by atoms with Gasteiger partial charge in [0.25, 0.3) is 0 Å². The predicted molar refractivity (Wildman–Crippen MR) is 89.0 cm³/mol. The van der Waals surface area contributed by atoms with Gasteiger partial charge in [-0.3, -0.25) is 5.41 Å². The van der Waals surface area contributed by atoms with Crippen LogP contribution in [0.5, 0.6) is 0 Å². The third-order valence-corrected chi connectivity index (χ3v) is 5.39. The summed E-state index contributed by atoms with van der Waals surface area (Å²) in [6.45, 7) is 2.74. The maximum atomic E-state index is 8.61. The summed E-state index contributed by atoms with van der Waals surface area (Å²) >= 11 is 1.75. The Kier molecular flexibility index (Phi) is 3.32. The van der Waals surface area contributed by atoms with Gasteiger partial charge < -0.3 is 9.47 Å². The van der Waals surface area contributed by atoms with Crippen molar-refractivity contribution in [2.45, 2.75) is 19.5 Å². The lowest BCUT2D eigenvalue weighted by molar-refractivity contribution is 0.318. The molecular weight excluding hydrogens is 292 g/mol. The highest BCUT2D eigenvalue weighted by Gasteiger charge is 2.21. The van der Waals surface area contributed by atoms with Gasteiger partial charge in [0.1, 0.15) is 10.3 Å². The van der Waals surface area contributed by atoms with E-state index in [2.05, 4.69) is 29.1 Å². The molecule has 5 heteroatoms. The summed E-state index contributed by atoms with van der Waals surface area (Å²) in [7, 11) is 2.15. The molecule has 1 aliphatic rings. The van der Waals surface area contributed by atoms with Crippen LogP contribution in [0.3, 0.4) is 0 Å². The Hall–Kier alpha value is -1.98. The van der Waals surface area contributed by atoms with Crippen LogP contribution in [0.2, 0.25) is 0 Å². The first-order valence-corrected chi connectivity index (χ1v) is 8.31. The summed E-state index contributed by atoms with van der Waals surface area (Å²) in [5, 5.41) is 9.67. The zero-order chi connectivity index (χ0) is 15.1. The lowest BCUT2D eigenvalue weighted by Gasteiger charge is -2.22. The van der Waals surface area contributed by atoms with E-state index in [1.165, 1.54) is 16.0 Å². The number of hydrogen-bond acceptors (Lipinski definition) is 4.